The smallest absolute Gasteiger partial charge is 0.119 e. The van der Waals surface area contributed by atoms with Gasteiger partial charge in [0.15, 0.2) is 0 Å². The number of hydrogen-bond donors (Lipinski definition) is 1. The first-order chi connectivity index (χ1) is 9.35. The lowest BCUT2D eigenvalue weighted by atomic mass is 9.76. The Kier molecular flexibility index (Phi) is 3.56. The highest BCUT2D eigenvalue weighted by atomic mass is 16.5. The van der Waals surface area contributed by atoms with Crippen molar-refractivity contribution >= 4 is 0 Å². The second-order valence-corrected chi connectivity index (χ2v) is 5.15. The SMILES string of the molecule is COc1cccc(C2CC(NCc3ccoc3)C2)c1. The Morgan fingerprint density at radius 1 is 1.32 bits per heavy atom. The zero-order valence-electron chi connectivity index (χ0n) is 11.1. The average molecular weight is 257 g/mol. The van der Waals surface area contributed by atoms with Crippen LogP contribution < -0.4 is 10.1 Å². The summed E-state index contributed by atoms with van der Waals surface area (Å²) in [5.41, 5.74) is 2.60. The minimum atomic E-state index is 0.617. The molecule has 1 aliphatic carbocycles. The summed E-state index contributed by atoms with van der Waals surface area (Å²) in [6.45, 7) is 0.895. The highest BCUT2D eigenvalue weighted by Crippen LogP contribution is 2.38. The van der Waals surface area contributed by atoms with E-state index in [1.165, 1.54) is 24.0 Å². The van der Waals surface area contributed by atoms with Gasteiger partial charge in [0.05, 0.1) is 19.6 Å². The molecule has 0 bridgehead atoms. The lowest BCUT2D eigenvalue weighted by Gasteiger charge is -2.36. The van der Waals surface area contributed by atoms with Gasteiger partial charge in [0, 0.05) is 18.2 Å². The van der Waals surface area contributed by atoms with E-state index in [0.29, 0.717) is 12.0 Å². The lowest BCUT2D eigenvalue weighted by molar-refractivity contribution is 0.288. The monoisotopic (exact) mass is 257 g/mol. The largest absolute Gasteiger partial charge is 0.497 e. The molecule has 1 aromatic heterocycles. The minimum absolute atomic E-state index is 0.617. The molecule has 3 nitrogen and oxygen atoms in total. The Morgan fingerprint density at radius 3 is 2.95 bits per heavy atom. The zero-order valence-corrected chi connectivity index (χ0v) is 11.1. The molecule has 2 aromatic rings. The van der Waals surface area contributed by atoms with Gasteiger partial charge in [-0.2, -0.15) is 0 Å². The Balaban J connectivity index is 1.49. The summed E-state index contributed by atoms with van der Waals surface area (Å²) in [5, 5.41) is 3.56. The predicted molar refractivity (Wildman–Crippen MR) is 74.3 cm³/mol. The molecule has 0 amide bonds. The number of rotatable bonds is 5. The molecule has 0 aliphatic heterocycles. The maximum Gasteiger partial charge on any atom is 0.119 e. The molecule has 19 heavy (non-hydrogen) atoms. The third kappa shape index (κ3) is 2.82. The normalized spacial score (nSPS) is 21.9. The molecule has 0 radical (unpaired) electrons. The third-order valence-electron chi connectivity index (χ3n) is 3.88. The Bertz CT molecular complexity index is 515. The number of ether oxygens (including phenoxy) is 1. The van der Waals surface area contributed by atoms with Crippen LogP contribution in [-0.2, 0) is 6.54 Å². The van der Waals surface area contributed by atoms with E-state index < -0.39 is 0 Å². The van der Waals surface area contributed by atoms with Gasteiger partial charge in [-0.15, -0.1) is 0 Å². The van der Waals surface area contributed by atoms with Crippen molar-refractivity contribution in [3.05, 3.63) is 54.0 Å². The molecule has 1 fully saturated rings. The highest BCUT2D eigenvalue weighted by Gasteiger charge is 2.29. The summed E-state index contributed by atoms with van der Waals surface area (Å²) >= 11 is 0. The number of nitrogens with one attached hydrogen (secondary N) is 1. The molecular formula is C16H19NO2. The fourth-order valence-electron chi connectivity index (χ4n) is 2.61. The van der Waals surface area contributed by atoms with E-state index in [1.54, 1.807) is 19.6 Å². The first kappa shape index (κ1) is 12.3. The zero-order chi connectivity index (χ0) is 13.1. The van der Waals surface area contributed by atoms with Gasteiger partial charge >= 0.3 is 0 Å². The van der Waals surface area contributed by atoms with Crippen LogP contribution in [0.5, 0.6) is 5.75 Å². The topological polar surface area (TPSA) is 34.4 Å². The predicted octanol–water partition coefficient (Wildman–Crippen LogP) is 3.32. The van der Waals surface area contributed by atoms with Gasteiger partial charge in [0.1, 0.15) is 5.75 Å². The quantitative estimate of drug-likeness (QED) is 0.892. The molecule has 100 valence electrons. The van der Waals surface area contributed by atoms with Crippen LogP contribution in [0.25, 0.3) is 0 Å². The second kappa shape index (κ2) is 5.49. The molecule has 1 aromatic carbocycles. The molecular weight excluding hydrogens is 238 g/mol. The Hall–Kier alpha value is -1.74. The first-order valence-corrected chi connectivity index (χ1v) is 6.73. The first-order valence-electron chi connectivity index (χ1n) is 6.73. The maximum absolute atomic E-state index is 5.27. The summed E-state index contributed by atoms with van der Waals surface area (Å²) in [4.78, 5) is 0. The van der Waals surface area contributed by atoms with E-state index in [9.17, 15) is 0 Å². The molecule has 3 rings (SSSR count). The summed E-state index contributed by atoms with van der Waals surface area (Å²) < 4.78 is 10.3. The average Bonchev–Trinajstić information content (AvgIpc) is 2.90. The third-order valence-corrected chi connectivity index (χ3v) is 3.88. The van der Waals surface area contributed by atoms with Crippen molar-refractivity contribution in [3.8, 4) is 5.75 Å². The van der Waals surface area contributed by atoms with E-state index in [-0.39, 0.29) is 0 Å². The lowest BCUT2D eigenvalue weighted by Crippen LogP contribution is -2.39. The van der Waals surface area contributed by atoms with Crippen LogP contribution in [0, 0.1) is 0 Å². The molecule has 0 atom stereocenters. The molecule has 1 saturated carbocycles. The van der Waals surface area contributed by atoms with Crippen molar-refractivity contribution in [2.24, 2.45) is 0 Å². The van der Waals surface area contributed by atoms with Gasteiger partial charge < -0.3 is 14.5 Å². The number of benzene rings is 1. The van der Waals surface area contributed by atoms with Crippen LogP contribution in [0.1, 0.15) is 29.9 Å². The fourth-order valence-corrected chi connectivity index (χ4v) is 2.61. The van der Waals surface area contributed by atoms with Crippen LogP contribution in [-0.4, -0.2) is 13.2 Å². The van der Waals surface area contributed by atoms with Gasteiger partial charge in [0.25, 0.3) is 0 Å². The Labute approximate surface area is 113 Å². The summed E-state index contributed by atoms with van der Waals surface area (Å²) in [5.74, 6) is 1.62. The van der Waals surface area contributed by atoms with E-state index >= 15 is 0 Å². The van der Waals surface area contributed by atoms with Gasteiger partial charge in [-0.25, -0.2) is 0 Å². The molecule has 1 N–H and O–H groups in total. The van der Waals surface area contributed by atoms with Gasteiger partial charge in [-0.05, 0) is 42.5 Å². The second-order valence-electron chi connectivity index (χ2n) is 5.15. The maximum atomic E-state index is 5.27. The molecule has 0 saturated heterocycles. The van der Waals surface area contributed by atoms with Crippen LogP contribution in [0.3, 0.4) is 0 Å². The highest BCUT2D eigenvalue weighted by molar-refractivity contribution is 5.32. The van der Waals surface area contributed by atoms with Crippen LogP contribution >= 0.6 is 0 Å². The van der Waals surface area contributed by atoms with Crippen molar-refractivity contribution in [2.75, 3.05) is 7.11 Å². The van der Waals surface area contributed by atoms with E-state index in [2.05, 4.69) is 23.5 Å². The minimum Gasteiger partial charge on any atom is -0.497 e. The van der Waals surface area contributed by atoms with Crippen LogP contribution in [0.2, 0.25) is 0 Å². The molecule has 0 spiro atoms. The van der Waals surface area contributed by atoms with Crippen molar-refractivity contribution in [2.45, 2.75) is 31.3 Å². The van der Waals surface area contributed by atoms with Crippen molar-refractivity contribution in [3.63, 3.8) is 0 Å². The number of furan rings is 1. The van der Waals surface area contributed by atoms with Gasteiger partial charge in [-0.3, -0.25) is 0 Å². The summed E-state index contributed by atoms with van der Waals surface area (Å²) in [6.07, 6.45) is 5.91. The number of methoxy groups -OCH3 is 1. The molecule has 0 unspecified atom stereocenters. The standard InChI is InChI=1S/C16H19NO2/c1-18-16-4-2-3-13(9-16)14-7-15(8-14)17-10-12-5-6-19-11-12/h2-6,9,11,14-15,17H,7-8,10H2,1H3. The van der Waals surface area contributed by atoms with Crippen LogP contribution in [0.4, 0.5) is 0 Å². The van der Waals surface area contributed by atoms with E-state index in [1.807, 2.05) is 12.1 Å². The van der Waals surface area contributed by atoms with E-state index in [4.69, 9.17) is 9.15 Å². The molecule has 3 heteroatoms. The van der Waals surface area contributed by atoms with Crippen molar-refractivity contribution < 1.29 is 9.15 Å². The fraction of sp³-hybridized carbons (Fsp3) is 0.375. The summed E-state index contributed by atoms with van der Waals surface area (Å²) in [7, 11) is 1.72. The number of hydrogen-bond acceptors (Lipinski definition) is 3. The van der Waals surface area contributed by atoms with Crippen molar-refractivity contribution in [1.82, 2.24) is 5.32 Å². The molecule has 1 heterocycles. The summed E-state index contributed by atoms with van der Waals surface area (Å²) in [6, 6.07) is 11.0. The van der Waals surface area contributed by atoms with Crippen LogP contribution in [0.15, 0.2) is 47.3 Å². The molecule has 1 aliphatic rings. The van der Waals surface area contributed by atoms with Crippen molar-refractivity contribution in [1.29, 1.82) is 0 Å². The Morgan fingerprint density at radius 2 is 2.21 bits per heavy atom. The van der Waals surface area contributed by atoms with Gasteiger partial charge in [0.2, 0.25) is 0 Å². The van der Waals surface area contributed by atoms with E-state index in [0.717, 1.165) is 12.3 Å². The van der Waals surface area contributed by atoms with Gasteiger partial charge in [-0.1, -0.05) is 12.1 Å².